The van der Waals surface area contributed by atoms with Crippen LogP contribution in [0.25, 0.3) is 0 Å². The van der Waals surface area contributed by atoms with E-state index in [4.69, 9.17) is 0 Å². The third-order valence-electron chi connectivity index (χ3n) is 4.22. The second-order valence-electron chi connectivity index (χ2n) is 6.95. The summed E-state index contributed by atoms with van der Waals surface area (Å²) in [7, 11) is 0. The molecular formula is C22H23N5O2. The van der Waals surface area contributed by atoms with Gasteiger partial charge in [-0.1, -0.05) is 59.7 Å². The number of carbonyl (C=O) groups excluding carboxylic acids is 2. The second-order valence-corrected chi connectivity index (χ2v) is 6.95. The van der Waals surface area contributed by atoms with Crippen LogP contribution in [0.2, 0.25) is 0 Å². The van der Waals surface area contributed by atoms with Crippen LogP contribution in [0.15, 0.2) is 48.5 Å². The molecule has 0 spiro atoms. The average Bonchev–Trinajstić information content (AvgIpc) is 2.65. The van der Waals surface area contributed by atoms with Gasteiger partial charge in [0.2, 0.25) is 23.7 Å². The Bertz CT molecular complexity index is 935. The van der Waals surface area contributed by atoms with E-state index in [1.807, 2.05) is 62.4 Å². The van der Waals surface area contributed by atoms with Crippen LogP contribution < -0.4 is 10.6 Å². The van der Waals surface area contributed by atoms with E-state index in [0.29, 0.717) is 5.82 Å². The number of aromatic nitrogens is 3. The van der Waals surface area contributed by atoms with Crippen LogP contribution in [0, 0.1) is 20.8 Å². The van der Waals surface area contributed by atoms with Crippen molar-refractivity contribution in [3.05, 3.63) is 76.6 Å². The first-order valence-electron chi connectivity index (χ1n) is 9.31. The largest absolute Gasteiger partial charge is 0.294 e. The van der Waals surface area contributed by atoms with Crippen molar-refractivity contribution in [2.75, 3.05) is 10.6 Å². The molecule has 29 heavy (non-hydrogen) atoms. The lowest BCUT2D eigenvalue weighted by atomic mass is 10.1. The van der Waals surface area contributed by atoms with Gasteiger partial charge in [0.1, 0.15) is 5.82 Å². The van der Waals surface area contributed by atoms with E-state index >= 15 is 0 Å². The fourth-order valence-electron chi connectivity index (χ4n) is 2.71. The maximum Gasteiger partial charge on any atom is 0.234 e. The Hall–Kier alpha value is -3.61. The Morgan fingerprint density at radius 1 is 0.655 bits per heavy atom. The van der Waals surface area contributed by atoms with Gasteiger partial charge in [0, 0.05) is 0 Å². The molecule has 0 aliphatic carbocycles. The van der Waals surface area contributed by atoms with Crippen molar-refractivity contribution in [1.82, 2.24) is 15.0 Å². The van der Waals surface area contributed by atoms with Crippen molar-refractivity contribution in [2.45, 2.75) is 33.6 Å². The standard InChI is InChI=1S/C22H23N5O2/c1-14-4-8-17(9-5-14)12-19(28)25-21-23-16(3)24-22(27-21)26-20(29)13-18-10-6-15(2)7-11-18/h4-11H,12-13H2,1-3H3,(H2,23,24,25,26,27,28,29). The minimum absolute atomic E-state index is 0.111. The van der Waals surface area contributed by atoms with Gasteiger partial charge in [-0.15, -0.1) is 0 Å². The van der Waals surface area contributed by atoms with Crippen molar-refractivity contribution in [2.24, 2.45) is 0 Å². The lowest BCUT2D eigenvalue weighted by Gasteiger charge is -2.08. The fourth-order valence-corrected chi connectivity index (χ4v) is 2.71. The van der Waals surface area contributed by atoms with E-state index < -0.39 is 0 Å². The van der Waals surface area contributed by atoms with Gasteiger partial charge in [-0.05, 0) is 31.9 Å². The highest BCUT2D eigenvalue weighted by atomic mass is 16.2. The summed E-state index contributed by atoms with van der Waals surface area (Å²) >= 11 is 0. The third-order valence-corrected chi connectivity index (χ3v) is 4.22. The summed E-state index contributed by atoms with van der Waals surface area (Å²) in [6.45, 7) is 5.66. The van der Waals surface area contributed by atoms with E-state index in [0.717, 1.165) is 22.3 Å². The number of nitrogens with one attached hydrogen (secondary N) is 2. The summed E-state index contributed by atoms with van der Waals surface area (Å²) in [5.74, 6) is 0.143. The molecule has 1 aromatic heterocycles. The van der Waals surface area contributed by atoms with Gasteiger partial charge in [0.15, 0.2) is 0 Å². The van der Waals surface area contributed by atoms with Crippen LogP contribution >= 0.6 is 0 Å². The van der Waals surface area contributed by atoms with Crippen molar-refractivity contribution < 1.29 is 9.59 Å². The van der Waals surface area contributed by atoms with Crippen LogP contribution in [-0.2, 0) is 22.4 Å². The first kappa shape index (κ1) is 20.1. The quantitative estimate of drug-likeness (QED) is 0.675. The Labute approximate surface area is 169 Å². The SMILES string of the molecule is Cc1ccc(CC(=O)Nc2nc(C)nc(NC(=O)Cc3ccc(C)cc3)n2)cc1. The molecule has 148 valence electrons. The number of anilines is 2. The molecule has 3 rings (SSSR count). The van der Waals surface area contributed by atoms with E-state index in [9.17, 15) is 9.59 Å². The molecule has 0 unspecified atom stereocenters. The molecule has 2 aromatic carbocycles. The molecule has 0 aliphatic rings. The molecule has 3 aromatic rings. The number of aryl methyl sites for hydroxylation is 3. The average molecular weight is 389 g/mol. The maximum atomic E-state index is 12.3. The second kappa shape index (κ2) is 9.05. The molecule has 0 fully saturated rings. The highest BCUT2D eigenvalue weighted by Gasteiger charge is 2.11. The highest BCUT2D eigenvalue weighted by molar-refractivity contribution is 5.92. The van der Waals surface area contributed by atoms with Crippen molar-refractivity contribution in [3.63, 3.8) is 0 Å². The Balaban J connectivity index is 1.62. The van der Waals surface area contributed by atoms with Gasteiger partial charge in [-0.25, -0.2) is 0 Å². The van der Waals surface area contributed by atoms with Gasteiger partial charge in [-0.3, -0.25) is 20.2 Å². The monoisotopic (exact) mass is 389 g/mol. The third kappa shape index (κ3) is 6.21. The molecule has 0 radical (unpaired) electrons. The molecule has 0 saturated heterocycles. The van der Waals surface area contributed by atoms with Gasteiger partial charge in [-0.2, -0.15) is 15.0 Å². The van der Waals surface area contributed by atoms with Gasteiger partial charge in [0.05, 0.1) is 12.8 Å². The number of carbonyl (C=O) groups is 2. The summed E-state index contributed by atoms with van der Waals surface area (Å²) in [6.07, 6.45) is 0.417. The van der Waals surface area contributed by atoms with Gasteiger partial charge >= 0.3 is 0 Å². The lowest BCUT2D eigenvalue weighted by Crippen LogP contribution is -2.20. The molecule has 0 bridgehead atoms. The van der Waals surface area contributed by atoms with Crippen LogP contribution in [0.1, 0.15) is 28.1 Å². The first-order valence-corrected chi connectivity index (χ1v) is 9.31. The summed E-state index contributed by atoms with van der Waals surface area (Å²) in [6, 6.07) is 15.5. The summed E-state index contributed by atoms with van der Waals surface area (Å²) < 4.78 is 0. The number of benzene rings is 2. The van der Waals surface area contributed by atoms with Crippen LogP contribution in [0.5, 0.6) is 0 Å². The molecule has 1 heterocycles. The number of amides is 2. The van der Waals surface area contributed by atoms with Gasteiger partial charge < -0.3 is 0 Å². The topological polar surface area (TPSA) is 96.9 Å². The van der Waals surface area contributed by atoms with Crippen LogP contribution in [0.4, 0.5) is 11.9 Å². The molecular weight excluding hydrogens is 366 g/mol. The molecule has 7 heteroatoms. The Kier molecular flexibility index (Phi) is 6.29. The zero-order valence-corrected chi connectivity index (χ0v) is 16.7. The predicted octanol–water partition coefficient (Wildman–Crippen LogP) is 3.16. The van der Waals surface area contributed by atoms with Crippen molar-refractivity contribution in [3.8, 4) is 0 Å². The van der Waals surface area contributed by atoms with E-state index in [-0.39, 0.29) is 36.6 Å². The van der Waals surface area contributed by atoms with E-state index in [1.165, 1.54) is 0 Å². The molecule has 0 atom stereocenters. The van der Waals surface area contributed by atoms with Crippen molar-refractivity contribution in [1.29, 1.82) is 0 Å². The zero-order valence-electron chi connectivity index (χ0n) is 16.7. The molecule has 2 amide bonds. The number of rotatable bonds is 6. The maximum absolute atomic E-state index is 12.3. The minimum Gasteiger partial charge on any atom is -0.294 e. The fraction of sp³-hybridized carbons (Fsp3) is 0.227. The molecule has 0 saturated carbocycles. The first-order chi connectivity index (χ1) is 13.9. The summed E-state index contributed by atoms with van der Waals surface area (Å²) in [5.41, 5.74) is 4.05. The Morgan fingerprint density at radius 2 is 1.03 bits per heavy atom. The smallest absolute Gasteiger partial charge is 0.234 e. The number of hydrogen-bond donors (Lipinski definition) is 2. The molecule has 7 nitrogen and oxygen atoms in total. The minimum atomic E-state index is -0.239. The summed E-state index contributed by atoms with van der Waals surface area (Å²) in [4.78, 5) is 37.0. The Morgan fingerprint density at radius 3 is 1.41 bits per heavy atom. The van der Waals surface area contributed by atoms with Gasteiger partial charge in [0.25, 0.3) is 0 Å². The number of nitrogens with zero attached hydrogens (tertiary/aromatic N) is 3. The van der Waals surface area contributed by atoms with E-state index in [1.54, 1.807) is 6.92 Å². The molecule has 2 N–H and O–H groups in total. The van der Waals surface area contributed by atoms with Crippen molar-refractivity contribution >= 4 is 23.7 Å². The summed E-state index contributed by atoms with van der Waals surface area (Å²) in [5, 5.41) is 5.33. The zero-order chi connectivity index (χ0) is 20.8. The van der Waals surface area contributed by atoms with Crippen LogP contribution in [0.3, 0.4) is 0 Å². The lowest BCUT2D eigenvalue weighted by molar-refractivity contribution is -0.116. The highest BCUT2D eigenvalue weighted by Crippen LogP contribution is 2.09. The number of hydrogen-bond acceptors (Lipinski definition) is 5. The van der Waals surface area contributed by atoms with E-state index in [2.05, 4.69) is 25.6 Å². The van der Waals surface area contributed by atoms with Crippen LogP contribution in [-0.4, -0.2) is 26.8 Å². The normalized spacial score (nSPS) is 10.4. The predicted molar refractivity (Wildman–Crippen MR) is 112 cm³/mol. The molecule has 0 aliphatic heterocycles.